The molecule has 138 valence electrons. The highest BCUT2D eigenvalue weighted by Crippen LogP contribution is 2.31. The second kappa shape index (κ2) is 8.94. The molecule has 0 radical (unpaired) electrons. The highest BCUT2D eigenvalue weighted by Gasteiger charge is 2.12. The number of aromatic nitrogens is 2. The molecule has 0 aliphatic heterocycles. The van der Waals surface area contributed by atoms with E-state index in [-0.39, 0.29) is 5.97 Å². The number of rotatable bonds is 7. The summed E-state index contributed by atoms with van der Waals surface area (Å²) in [6.07, 6.45) is 7.08. The molecule has 0 saturated carbocycles. The van der Waals surface area contributed by atoms with E-state index in [4.69, 9.17) is 4.74 Å². The zero-order chi connectivity index (χ0) is 19.1. The number of methoxy groups -OCH3 is 2. The van der Waals surface area contributed by atoms with E-state index in [1.54, 1.807) is 25.7 Å². The first-order valence-corrected chi connectivity index (χ1v) is 8.78. The third kappa shape index (κ3) is 4.70. The van der Waals surface area contributed by atoms with Crippen molar-refractivity contribution >= 4 is 5.97 Å². The summed E-state index contributed by atoms with van der Waals surface area (Å²) in [5.74, 6) is 0.583. The molecule has 3 rings (SSSR count). The van der Waals surface area contributed by atoms with E-state index in [2.05, 4.69) is 26.8 Å². The lowest BCUT2D eigenvalue weighted by Crippen LogP contribution is -2.02. The third-order valence-corrected chi connectivity index (χ3v) is 4.42. The van der Waals surface area contributed by atoms with Crippen LogP contribution in [0.5, 0.6) is 5.75 Å². The van der Waals surface area contributed by atoms with Gasteiger partial charge in [-0.05, 0) is 29.7 Å². The summed E-state index contributed by atoms with van der Waals surface area (Å²) < 4.78 is 10.2. The Balaban J connectivity index is 1.80. The van der Waals surface area contributed by atoms with Crippen molar-refractivity contribution in [2.24, 2.45) is 0 Å². The largest absolute Gasteiger partial charge is 0.496 e. The van der Waals surface area contributed by atoms with Crippen LogP contribution in [0.1, 0.15) is 23.2 Å². The summed E-state index contributed by atoms with van der Waals surface area (Å²) in [5.41, 5.74) is 5.17. The summed E-state index contributed by atoms with van der Waals surface area (Å²) in [6.45, 7) is 0. The normalized spacial score (nSPS) is 10.4. The van der Waals surface area contributed by atoms with Crippen molar-refractivity contribution in [3.8, 4) is 16.9 Å². The Bertz CT molecular complexity index is 907. The molecule has 27 heavy (non-hydrogen) atoms. The Hall–Kier alpha value is -3.21. The molecule has 0 aliphatic rings. The van der Waals surface area contributed by atoms with Gasteiger partial charge in [0.15, 0.2) is 0 Å². The van der Waals surface area contributed by atoms with Gasteiger partial charge in [0.05, 0.1) is 19.9 Å². The molecule has 0 amide bonds. The maximum atomic E-state index is 11.3. The van der Waals surface area contributed by atoms with E-state index < -0.39 is 0 Å². The van der Waals surface area contributed by atoms with Crippen LogP contribution in [0.15, 0.2) is 61.1 Å². The number of nitrogens with zero attached hydrogens (tertiary/aromatic N) is 2. The van der Waals surface area contributed by atoms with Crippen molar-refractivity contribution in [1.82, 2.24) is 9.97 Å². The minimum Gasteiger partial charge on any atom is -0.496 e. The fourth-order valence-electron chi connectivity index (χ4n) is 2.95. The molecule has 5 nitrogen and oxygen atoms in total. The van der Waals surface area contributed by atoms with Gasteiger partial charge in [-0.2, -0.15) is 0 Å². The number of ether oxygens (including phenoxy) is 2. The number of hydrogen-bond acceptors (Lipinski definition) is 5. The van der Waals surface area contributed by atoms with E-state index in [1.807, 2.05) is 30.3 Å². The number of carbonyl (C=O) groups is 1. The minimum atomic E-state index is -0.192. The van der Waals surface area contributed by atoms with Gasteiger partial charge >= 0.3 is 5.97 Å². The monoisotopic (exact) mass is 362 g/mol. The topological polar surface area (TPSA) is 61.3 Å². The van der Waals surface area contributed by atoms with Crippen LogP contribution < -0.4 is 4.74 Å². The van der Waals surface area contributed by atoms with Crippen molar-refractivity contribution in [3.63, 3.8) is 0 Å². The van der Waals surface area contributed by atoms with Crippen LogP contribution in [0.3, 0.4) is 0 Å². The van der Waals surface area contributed by atoms with Crippen molar-refractivity contribution in [2.75, 3.05) is 14.2 Å². The van der Waals surface area contributed by atoms with Crippen molar-refractivity contribution < 1.29 is 14.3 Å². The Kier molecular flexibility index (Phi) is 6.15. The fraction of sp³-hybridized carbons (Fsp3) is 0.227. The van der Waals surface area contributed by atoms with E-state index in [1.165, 1.54) is 7.11 Å². The van der Waals surface area contributed by atoms with E-state index in [9.17, 15) is 4.79 Å². The highest BCUT2D eigenvalue weighted by atomic mass is 16.5. The average Bonchev–Trinajstić information content (AvgIpc) is 2.73. The molecular weight excluding hydrogens is 340 g/mol. The maximum Gasteiger partial charge on any atom is 0.305 e. The number of hydrogen-bond donors (Lipinski definition) is 0. The summed E-state index contributed by atoms with van der Waals surface area (Å²) in [5, 5.41) is 0. The number of carbonyl (C=O) groups excluding carboxylic acids is 1. The molecule has 1 aromatic carbocycles. The maximum absolute atomic E-state index is 11.3. The molecule has 0 bridgehead atoms. The molecular formula is C22H22N2O3. The third-order valence-electron chi connectivity index (χ3n) is 4.42. The molecule has 0 saturated heterocycles. The Morgan fingerprint density at radius 3 is 2.48 bits per heavy atom. The second-order valence-corrected chi connectivity index (χ2v) is 6.14. The van der Waals surface area contributed by atoms with Crippen LogP contribution in [0.25, 0.3) is 11.1 Å². The van der Waals surface area contributed by atoms with Gasteiger partial charge in [0.2, 0.25) is 0 Å². The van der Waals surface area contributed by atoms with Crippen LogP contribution in [-0.4, -0.2) is 30.2 Å². The number of esters is 1. The van der Waals surface area contributed by atoms with Crippen LogP contribution in [0.4, 0.5) is 0 Å². The summed E-state index contributed by atoms with van der Waals surface area (Å²) >= 11 is 0. The molecule has 5 heteroatoms. The minimum absolute atomic E-state index is 0.192. The van der Waals surface area contributed by atoms with E-state index >= 15 is 0 Å². The zero-order valence-electron chi connectivity index (χ0n) is 15.5. The summed E-state index contributed by atoms with van der Waals surface area (Å²) in [6, 6.07) is 14.0. The van der Waals surface area contributed by atoms with Gasteiger partial charge in [-0.1, -0.05) is 30.3 Å². The molecule has 3 aromatic rings. The molecule has 2 heterocycles. The Morgan fingerprint density at radius 2 is 1.74 bits per heavy atom. The average molecular weight is 362 g/mol. The van der Waals surface area contributed by atoms with Gasteiger partial charge in [0.25, 0.3) is 0 Å². The zero-order valence-corrected chi connectivity index (χ0v) is 15.5. The van der Waals surface area contributed by atoms with E-state index in [0.29, 0.717) is 19.3 Å². The lowest BCUT2D eigenvalue weighted by Gasteiger charge is -2.12. The highest BCUT2D eigenvalue weighted by molar-refractivity contribution is 5.71. The predicted molar refractivity (Wildman–Crippen MR) is 104 cm³/mol. The molecule has 0 spiro atoms. The lowest BCUT2D eigenvalue weighted by molar-refractivity contribution is -0.140. The SMILES string of the molecule is COC(=O)CCc1ccc(Cc2ncccc2-c2cnccc2OC)cc1. The summed E-state index contributed by atoms with van der Waals surface area (Å²) in [7, 11) is 3.06. The molecule has 0 N–H and O–H groups in total. The van der Waals surface area contributed by atoms with Gasteiger partial charge in [0.1, 0.15) is 5.75 Å². The number of pyridine rings is 2. The van der Waals surface area contributed by atoms with Crippen LogP contribution in [0, 0.1) is 0 Å². The molecule has 2 aromatic heterocycles. The van der Waals surface area contributed by atoms with Gasteiger partial charge < -0.3 is 9.47 Å². The molecule has 0 atom stereocenters. The van der Waals surface area contributed by atoms with Crippen LogP contribution >= 0.6 is 0 Å². The van der Waals surface area contributed by atoms with Crippen molar-refractivity contribution in [3.05, 3.63) is 77.9 Å². The molecule has 0 fully saturated rings. The standard InChI is InChI=1S/C22H22N2O3/c1-26-21-11-13-23-15-19(21)18-4-3-12-24-20(18)14-17-7-5-16(6-8-17)9-10-22(25)27-2/h3-8,11-13,15H,9-10,14H2,1-2H3. The van der Waals surface area contributed by atoms with Gasteiger partial charge in [-0.25, -0.2) is 0 Å². The first-order chi connectivity index (χ1) is 13.2. The van der Waals surface area contributed by atoms with Gasteiger partial charge in [-0.15, -0.1) is 0 Å². The lowest BCUT2D eigenvalue weighted by atomic mass is 9.99. The molecule has 0 aliphatic carbocycles. The van der Waals surface area contributed by atoms with Crippen molar-refractivity contribution in [1.29, 1.82) is 0 Å². The van der Waals surface area contributed by atoms with E-state index in [0.717, 1.165) is 33.7 Å². The van der Waals surface area contributed by atoms with Crippen LogP contribution in [0.2, 0.25) is 0 Å². The second-order valence-electron chi connectivity index (χ2n) is 6.14. The van der Waals surface area contributed by atoms with Gasteiger partial charge in [-0.3, -0.25) is 14.8 Å². The first kappa shape index (κ1) is 18.6. The number of benzene rings is 1. The Labute approximate surface area is 159 Å². The number of aryl methyl sites for hydroxylation is 1. The van der Waals surface area contributed by atoms with Crippen molar-refractivity contribution in [2.45, 2.75) is 19.3 Å². The smallest absolute Gasteiger partial charge is 0.305 e. The van der Waals surface area contributed by atoms with Crippen LogP contribution in [-0.2, 0) is 22.4 Å². The predicted octanol–water partition coefficient (Wildman–Crippen LogP) is 3.85. The Morgan fingerprint density at radius 1 is 0.963 bits per heavy atom. The first-order valence-electron chi connectivity index (χ1n) is 8.78. The fourth-order valence-corrected chi connectivity index (χ4v) is 2.95. The van der Waals surface area contributed by atoms with Gasteiger partial charge in [0, 0.05) is 42.6 Å². The molecule has 0 unspecified atom stereocenters. The summed E-state index contributed by atoms with van der Waals surface area (Å²) in [4.78, 5) is 20.1. The quantitative estimate of drug-likeness (QED) is 0.598.